The molecule has 0 unspecified atom stereocenters. The monoisotopic (exact) mass is 485 g/mol. The van der Waals surface area contributed by atoms with Crippen molar-refractivity contribution in [3.63, 3.8) is 0 Å². The van der Waals surface area contributed by atoms with Gasteiger partial charge in [0.25, 0.3) is 5.91 Å². The van der Waals surface area contributed by atoms with Crippen LogP contribution in [0.2, 0.25) is 5.02 Å². The largest absolute Gasteiger partial charge is 0.381 e. The van der Waals surface area contributed by atoms with E-state index in [1.54, 1.807) is 12.3 Å². The molecule has 0 bridgehead atoms. The van der Waals surface area contributed by atoms with Crippen LogP contribution < -0.4 is 10.6 Å². The van der Waals surface area contributed by atoms with Gasteiger partial charge in [0.05, 0.1) is 23.0 Å². The maximum absolute atomic E-state index is 13.4. The molecule has 2 atom stereocenters. The second-order valence-corrected chi connectivity index (χ2v) is 9.62. The number of benzene rings is 1. The zero-order valence-electron chi connectivity index (χ0n) is 19.0. The highest BCUT2D eigenvalue weighted by molar-refractivity contribution is 6.33. The van der Waals surface area contributed by atoms with Gasteiger partial charge < -0.3 is 25.4 Å². The van der Waals surface area contributed by atoms with Crippen LogP contribution >= 0.6 is 11.6 Å². The van der Waals surface area contributed by atoms with Crippen molar-refractivity contribution in [3.8, 4) is 11.3 Å². The third kappa shape index (κ3) is 4.23. The van der Waals surface area contributed by atoms with Gasteiger partial charge in [-0.2, -0.15) is 0 Å². The van der Waals surface area contributed by atoms with Gasteiger partial charge in [0.1, 0.15) is 0 Å². The zero-order valence-corrected chi connectivity index (χ0v) is 19.8. The molecule has 1 aromatic heterocycles. The van der Waals surface area contributed by atoms with Crippen molar-refractivity contribution in [2.75, 3.05) is 18.5 Å². The van der Waals surface area contributed by atoms with Crippen molar-refractivity contribution >= 4 is 29.4 Å². The van der Waals surface area contributed by atoms with Gasteiger partial charge in [-0.25, -0.2) is 9.97 Å². The van der Waals surface area contributed by atoms with Crippen LogP contribution in [0.15, 0.2) is 24.4 Å². The number of carbonyl (C=O) groups excluding carboxylic acids is 2. The Morgan fingerprint density at radius 3 is 2.85 bits per heavy atom. The molecule has 2 amide bonds. The number of nitrogens with zero attached hydrogens (tertiary/aromatic N) is 3. The number of anilines is 1. The van der Waals surface area contributed by atoms with Crippen LogP contribution in [0, 0.1) is 0 Å². The van der Waals surface area contributed by atoms with E-state index in [0.717, 1.165) is 24.8 Å². The Morgan fingerprint density at radius 2 is 2.09 bits per heavy atom. The van der Waals surface area contributed by atoms with Gasteiger partial charge in [-0.15, -0.1) is 0 Å². The number of hydrogen-bond donors (Lipinski definition) is 3. The van der Waals surface area contributed by atoms with Gasteiger partial charge in [0.15, 0.2) is 5.72 Å². The van der Waals surface area contributed by atoms with Gasteiger partial charge in [-0.05, 0) is 43.7 Å². The van der Waals surface area contributed by atoms with E-state index < -0.39 is 11.8 Å². The van der Waals surface area contributed by atoms with E-state index in [0.29, 0.717) is 53.8 Å². The van der Waals surface area contributed by atoms with Crippen LogP contribution in [-0.4, -0.2) is 62.8 Å². The quantitative estimate of drug-likeness (QED) is 0.596. The molecule has 1 aliphatic carbocycles. The number of halogens is 1. The minimum atomic E-state index is -1.41. The molecule has 1 saturated heterocycles. The number of fused-ring (bicyclic) bond motifs is 1. The third-order valence-electron chi connectivity index (χ3n) is 6.93. The Kier molecular flexibility index (Phi) is 6.18. The highest BCUT2D eigenvalue weighted by Gasteiger charge is 2.50. The van der Waals surface area contributed by atoms with Crippen molar-refractivity contribution in [3.05, 3.63) is 40.5 Å². The summed E-state index contributed by atoms with van der Waals surface area (Å²) in [6.45, 7) is 3.12. The molecular weight excluding hydrogens is 458 g/mol. The lowest BCUT2D eigenvalue weighted by Crippen LogP contribution is -2.59. The molecule has 3 aliphatic rings. The maximum atomic E-state index is 13.4. The SMILES string of the molecule is CC(=O)N[C@@H]1CCC[C@@]1(O)N1Cc2ccc(-c3nc(NC4CCOCC4)ncc3Cl)cc2C1=O. The smallest absolute Gasteiger partial charge is 0.256 e. The first-order chi connectivity index (χ1) is 16.3. The summed E-state index contributed by atoms with van der Waals surface area (Å²) in [5.41, 5.74) is 1.16. The van der Waals surface area contributed by atoms with E-state index in [4.69, 9.17) is 16.3 Å². The Hall–Kier alpha value is -2.75. The van der Waals surface area contributed by atoms with E-state index >= 15 is 0 Å². The van der Waals surface area contributed by atoms with Gasteiger partial charge in [-0.1, -0.05) is 23.7 Å². The van der Waals surface area contributed by atoms with E-state index in [1.807, 2.05) is 12.1 Å². The maximum Gasteiger partial charge on any atom is 0.256 e. The summed E-state index contributed by atoms with van der Waals surface area (Å²) < 4.78 is 5.40. The topological polar surface area (TPSA) is 117 Å². The molecule has 5 rings (SSSR count). The van der Waals surface area contributed by atoms with Gasteiger partial charge in [0, 0.05) is 43.9 Å². The molecule has 9 nitrogen and oxygen atoms in total. The average Bonchev–Trinajstić information content (AvgIpc) is 3.35. The molecule has 3 N–H and O–H groups in total. The summed E-state index contributed by atoms with van der Waals surface area (Å²) in [5.74, 6) is 0.000780. The van der Waals surface area contributed by atoms with E-state index in [1.165, 1.54) is 11.8 Å². The minimum Gasteiger partial charge on any atom is -0.381 e. The molecule has 0 radical (unpaired) electrons. The van der Waals surface area contributed by atoms with Crippen LogP contribution in [0.1, 0.15) is 54.9 Å². The molecule has 34 heavy (non-hydrogen) atoms. The fraction of sp³-hybridized carbons (Fsp3) is 0.500. The first-order valence-electron chi connectivity index (χ1n) is 11.7. The molecule has 2 aliphatic heterocycles. The van der Waals surface area contributed by atoms with Crippen molar-refractivity contribution in [1.82, 2.24) is 20.2 Å². The fourth-order valence-electron chi connectivity index (χ4n) is 5.15. The van der Waals surface area contributed by atoms with Gasteiger partial charge in [-0.3, -0.25) is 9.59 Å². The van der Waals surface area contributed by atoms with Crippen LogP contribution in [0.4, 0.5) is 5.95 Å². The Bertz CT molecular complexity index is 1120. The predicted octanol–water partition coefficient (Wildman–Crippen LogP) is 2.72. The highest BCUT2D eigenvalue weighted by atomic mass is 35.5. The molecule has 0 spiro atoms. The van der Waals surface area contributed by atoms with Crippen LogP contribution in [0.25, 0.3) is 11.3 Å². The highest BCUT2D eigenvalue weighted by Crippen LogP contribution is 2.40. The van der Waals surface area contributed by atoms with Gasteiger partial charge >= 0.3 is 0 Å². The number of amides is 2. The predicted molar refractivity (Wildman–Crippen MR) is 126 cm³/mol. The summed E-state index contributed by atoms with van der Waals surface area (Å²) in [7, 11) is 0. The number of aromatic nitrogens is 2. The van der Waals surface area contributed by atoms with Crippen LogP contribution in [0.5, 0.6) is 0 Å². The van der Waals surface area contributed by atoms with Gasteiger partial charge in [0.2, 0.25) is 11.9 Å². The fourth-order valence-corrected chi connectivity index (χ4v) is 5.35. The van der Waals surface area contributed by atoms with Crippen molar-refractivity contribution < 1.29 is 19.4 Å². The molecule has 2 fully saturated rings. The zero-order chi connectivity index (χ0) is 23.9. The molecule has 3 heterocycles. The summed E-state index contributed by atoms with van der Waals surface area (Å²) in [5, 5.41) is 17.9. The average molecular weight is 486 g/mol. The van der Waals surface area contributed by atoms with Crippen LogP contribution in [0.3, 0.4) is 0 Å². The lowest BCUT2D eigenvalue weighted by atomic mass is 10.0. The lowest BCUT2D eigenvalue weighted by Gasteiger charge is -2.38. The van der Waals surface area contributed by atoms with Crippen molar-refractivity contribution in [2.24, 2.45) is 0 Å². The van der Waals surface area contributed by atoms with E-state index in [-0.39, 0.29) is 24.4 Å². The molecule has 1 aromatic carbocycles. The Morgan fingerprint density at radius 1 is 1.29 bits per heavy atom. The molecule has 180 valence electrons. The molecule has 2 aromatic rings. The Balaban J connectivity index is 1.40. The first kappa shape index (κ1) is 23.0. The van der Waals surface area contributed by atoms with E-state index in [2.05, 4.69) is 20.6 Å². The van der Waals surface area contributed by atoms with Crippen molar-refractivity contribution in [1.29, 1.82) is 0 Å². The first-order valence-corrected chi connectivity index (χ1v) is 12.0. The molecular formula is C24H28ClN5O4. The number of hydrogen-bond acceptors (Lipinski definition) is 7. The number of carbonyl (C=O) groups is 2. The number of aliphatic hydroxyl groups is 1. The standard InChI is InChI=1S/C24H28ClN5O4/c1-14(31)27-20-3-2-8-24(20,33)30-13-16-5-4-15(11-18(16)22(30)32)21-19(25)12-26-23(29-21)28-17-6-9-34-10-7-17/h4-5,11-12,17,20,33H,2-3,6-10,13H2,1H3,(H,27,31)(H,26,28,29)/t20-,24+/m1/s1. The molecule has 1 saturated carbocycles. The summed E-state index contributed by atoms with van der Waals surface area (Å²) in [4.78, 5) is 35.4. The summed E-state index contributed by atoms with van der Waals surface area (Å²) in [6.07, 6.45) is 5.10. The van der Waals surface area contributed by atoms with Crippen LogP contribution in [-0.2, 0) is 16.1 Å². The third-order valence-corrected chi connectivity index (χ3v) is 7.20. The minimum absolute atomic E-state index is 0.222. The number of ether oxygens (including phenoxy) is 1. The Labute approximate surface area is 202 Å². The second-order valence-electron chi connectivity index (χ2n) is 9.21. The van der Waals surface area contributed by atoms with E-state index in [9.17, 15) is 14.7 Å². The summed E-state index contributed by atoms with van der Waals surface area (Å²) >= 11 is 6.43. The van der Waals surface area contributed by atoms with Crippen molar-refractivity contribution in [2.45, 2.75) is 63.4 Å². The number of rotatable bonds is 5. The number of nitrogens with one attached hydrogen (secondary N) is 2. The lowest BCUT2D eigenvalue weighted by molar-refractivity contribution is -0.128. The normalized spacial score (nSPS) is 24.9. The molecule has 10 heteroatoms. The summed E-state index contributed by atoms with van der Waals surface area (Å²) in [6, 6.07) is 5.28. The second kappa shape index (κ2) is 9.13.